The molecule has 0 aliphatic carbocycles. The molecular weight excluding hydrogens is 288 g/mol. The largest absolute Gasteiger partial charge is 0.338 e. The Hall–Kier alpha value is -2.82. The summed E-state index contributed by atoms with van der Waals surface area (Å²) in [6.45, 7) is 3.41. The molecule has 5 heteroatoms. The number of nitrogens with one attached hydrogen (secondary N) is 2. The van der Waals surface area contributed by atoms with Crippen molar-refractivity contribution in [3.8, 4) is 0 Å². The molecule has 0 atom stereocenters. The van der Waals surface area contributed by atoms with Gasteiger partial charge >= 0.3 is 6.03 Å². The number of hydrogen-bond donors (Lipinski definition) is 2. The van der Waals surface area contributed by atoms with E-state index in [0.29, 0.717) is 6.54 Å². The molecule has 3 aromatic rings. The Morgan fingerprint density at radius 1 is 1.17 bits per heavy atom. The third kappa shape index (κ3) is 3.88. The third-order valence-electron chi connectivity index (χ3n) is 3.65. The van der Waals surface area contributed by atoms with Gasteiger partial charge in [-0.15, -0.1) is 0 Å². The number of amides is 2. The van der Waals surface area contributed by atoms with Gasteiger partial charge in [-0.2, -0.15) is 5.10 Å². The lowest BCUT2D eigenvalue weighted by Gasteiger charge is -2.10. The molecule has 23 heavy (non-hydrogen) atoms. The maximum absolute atomic E-state index is 12.0. The van der Waals surface area contributed by atoms with E-state index in [1.807, 2.05) is 66.5 Å². The second kappa shape index (κ2) is 6.96. The molecule has 0 fully saturated rings. The molecule has 0 aliphatic rings. The highest BCUT2D eigenvalue weighted by atomic mass is 16.2. The smallest absolute Gasteiger partial charge is 0.319 e. The zero-order valence-electron chi connectivity index (χ0n) is 13.1. The van der Waals surface area contributed by atoms with E-state index >= 15 is 0 Å². The number of carbonyl (C=O) groups excluding carboxylic acids is 1. The van der Waals surface area contributed by atoms with Crippen LogP contribution in [0.1, 0.15) is 12.0 Å². The van der Waals surface area contributed by atoms with Crippen LogP contribution >= 0.6 is 0 Å². The zero-order chi connectivity index (χ0) is 16.1. The van der Waals surface area contributed by atoms with Crippen molar-refractivity contribution < 1.29 is 4.79 Å². The number of aromatic nitrogens is 2. The predicted molar refractivity (Wildman–Crippen MR) is 92.6 cm³/mol. The van der Waals surface area contributed by atoms with Crippen LogP contribution in [0.2, 0.25) is 0 Å². The molecule has 1 heterocycles. The lowest BCUT2D eigenvalue weighted by molar-refractivity contribution is 0.251. The van der Waals surface area contributed by atoms with E-state index in [-0.39, 0.29) is 6.03 Å². The molecule has 0 radical (unpaired) electrons. The second-order valence-corrected chi connectivity index (χ2v) is 5.54. The molecule has 0 bridgehead atoms. The molecule has 3 rings (SSSR count). The van der Waals surface area contributed by atoms with Crippen LogP contribution in [0.3, 0.4) is 0 Å². The summed E-state index contributed by atoms with van der Waals surface area (Å²) in [6.07, 6.45) is 4.67. The van der Waals surface area contributed by atoms with Gasteiger partial charge in [-0.25, -0.2) is 4.79 Å². The summed E-state index contributed by atoms with van der Waals surface area (Å²) >= 11 is 0. The number of fused-ring (bicyclic) bond motifs is 1. The Labute approximate surface area is 135 Å². The van der Waals surface area contributed by atoms with E-state index < -0.39 is 0 Å². The lowest BCUT2D eigenvalue weighted by Crippen LogP contribution is -2.30. The summed E-state index contributed by atoms with van der Waals surface area (Å²) in [7, 11) is 0. The van der Waals surface area contributed by atoms with Crippen LogP contribution in [0.15, 0.2) is 54.9 Å². The minimum absolute atomic E-state index is 0.182. The van der Waals surface area contributed by atoms with Gasteiger partial charge in [-0.1, -0.05) is 36.4 Å². The van der Waals surface area contributed by atoms with Crippen LogP contribution in [0.5, 0.6) is 0 Å². The highest BCUT2D eigenvalue weighted by Crippen LogP contribution is 2.22. The maximum Gasteiger partial charge on any atom is 0.319 e. The van der Waals surface area contributed by atoms with Gasteiger partial charge in [0.05, 0.1) is 11.9 Å². The van der Waals surface area contributed by atoms with Gasteiger partial charge in [-0.05, 0) is 30.4 Å². The predicted octanol–water partition coefficient (Wildman–Crippen LogP) is 3.56. The van der Waals surface area contributed by atoms with Gasteiger partial charge < -0.3 is 10.6 Å². The maximum atomic E-state index is 12.0. The van der Waals surface area contributed by atoms with Gasteiger partial charge in [0.15, 0.2) is 0 Å². The second-order valence-electron chi connectivity index (χ2n) is 5.54. The summed E-state index contributed by atoms with van der Waals surface area (Å²) in [5.74, 6) is 0. The standard InChI is InChI=1S/C18H20N4O/c1-14-12-20-22(13-14)11-5-10-19-18(23)21-17-9-4-7-15-6-2-3-8-16(15)17/h2-4,6-9,12-13H,5,10-11H2,1H3,(H2,19,21,23). The minimum Gasteiger partial charge on any atom is -0.338 e. The number of urea groups is 1. The van der Waals surface area contributed by atoms with E-state index in [1.54, 1.807) is 0 Å². The number of anilines is 1. The third-order valence-corrected chi connectivity index (χ3v) is 3.65. The van der Waals surface area contributed by atoms with Crippen molar-refractivity contribution in [3.05, 3.63) is 60.4 Å². The Balaban J connectivity index is 1.51. The van der Waals surface area contributed by atoms with Gasteiger partial charge in [-0.3, -0.25) is 4.68 Å². The van der Waals surface area contributed by atoms with E-state index in [9.17, 15) is 4.79 Å². The number of nitrogens with zero attached hydrogens (tertiary/aromatic N) is 2. The lowest BCUT2D eigenvalue weighted by atomic mass is 10.1. The molecule has 1 aromatic heterocycles. The fraction of sp³-hybridized carbons (Fsp3) is 0.222. The normalized spacial score (nSPS) is 10.7. The SMILES string of the molecule is Cc1cnn(CCCNC(=O)Nc2cccc3ccccc23)c1. The van der Waals surface area contributed by atoms with Crippen molar-refractivity contribution in [2.45, 2.75) is 19.9 Å². The zero-order valence-corrected chi connectivity index (χ0v) is 13.1. The first-order valence-electron chi connectivity index (χ1n) is 7.74. The summed E-state index contributed by atoms with van der Waals surface area (Å²) in [5.41, 5.74) is 1.97. The Kier molecular flexibility index (Phi) is 4.57. The molecular formula is C18H20N4O. The van der Waals surface area contributed by atoms with Crippen LogP contribution in [0, 0.1) is 6.92 Å². The molecule has 0 unspecified atom stereocenters. The first-order valence-corrected chi connectivity index (χ1v) is 7.74. The van der Waals surface area contributed by atoms with E-state index in [0.717, 1.165) is 35.0 Å². The molecule has 118 valence electrons. The molecule has 0 spiro atoms. The van der Waals surface area contributed by atoms with Crippen molar-refractivity contribution >= 4 is 22.5 Å². The Morgan fingerprint density at radius 2 is 2.00 bits per heavy atom. The van der Waals surface area contributed by atoms with Crippen LogP contribution in [-0.2, 0) is 6.54 Å². The molecule has 2 N–H and O–H groups in total. The van der Waals surface area contributed by atoms with Crippen molar-refractivity contribution in [2.24, 2.45) is 0 Å². The number of carbonyl (C=O) groups is 1. The van der Waals surface area contributed by atoms with Crippen LogP contribution in [0.25, 0.3) is 10.8 Å². The molecule has 5 nitrogen and oxygen atoms in total. The monoisotopic (exact) mass is 308 g/mol. The number of rotatable bonds is 5. The fourth-order valence-corrected chi connectivity index (χ4v) is 2.53. The first kappa shape index (κ1) is 15.1. The van der Waals surface area contributed by atoms with E-state index in [2.05, 4.69) is 15.7 Å². The number of benzene rings is 2. The number of hydrogen-bond acceptors (Lipinski definition) is 2. The van der Waals surface area contributed by atoms with Crippen LogP contribution in [-0.4, -0.2) is 22.4 Å². The Bertz CT molecular complexity index is 804. The van der Waals surface area contributed by atoms with Gasteiger partial charge in [0.25, 0.3) is 0 Å². The van der Waals surface area contributed by atoms with Crippen molar-refractivity contribution in [1.29, 1.82) is 0 Å². The van der Waals surface area contributed by atoms with Gasteiger partial charge in [0.1, 0.15) is 0 Å². The minimum atomic E-state index is -0.182. The van der Waals surface area contributed by atoms with E-state index in [4.69, 9.17) is 0 Å². The molecule has 2 aromatic carbocycles. The summed E-state index contributed by atoms with van der Waals surface area (Å²) in [5, 5.41) is 12.2. The first-order chi connectivity index (χ1) is 11.2. The average molecular weight is 308 g/mol. The topological polar surface area (TPSA) is 59.0 Å². The van der Waals surface area contributed by atoms with Crippen molar-refractivity contribution in [3.63, 3.8) is 0 Å². The average Bonchev–Trinajstić information content (AvgIpc) is 2.97. The highest BCUT2D eigenvalue weighted by molar-refractivity contribution is 6.01. The fourth-order valence-electron chi connectivity index (χ4n) is 2.53. The summed E-state index contributed by atoms with van der Waals surface area (Å²) in [6, 6.07) is 13.7. The van der Waals surface area contributed by atoms with E-state index in [1.165, 1.54) is 0 Å². The Morgan fingerprint density at radius 3 is 2.83 bits per heavy atom. The number of aryl methyl sites for hydroxylation is 2. The van der Waals surface area contributed by atoms with Gasteiger partial charge in [0, 0.05) is 24.7 Å². The van der Waals surface area contributed by atoms with Crippen LogP contribution in [0.4, 0.5) is 10.5 Å². The van der Waals surface area contributed by atoms with Crippen molar-refractivity contribution in [2.75, 3.05) is 11.9 Å². The summed E-state index contributed by atoms with van der Waals surface area (Å²) < 4.78 is 1.89. The molecule has 0 aliphatic heterocycles. The quantitative estimate of drug-likeness (QED) is 0.708. The van der Waals surface area contributed by atoms with Crippen LogP contribution < -0.4 is 10.6 Å². The summed E-state index contributed by atoms with van der Waals surface area (Å²) in [4.78, 5) is 12.0. The molecule has 2 amide bonds. The van der Waals surface area contributed by atoms with Gasteiger partial charge in [0.2, 0.25) is 0 Å². The van der Waals surface area contributed by atoms with Crippen molar-refractivity contribution in [1.82, 2.24) is 15.1 Å². The molecule has 0 saturated carbocycles. The molecule has 0 saturated heterocycles. The highest BCUT2D eigenvalue weighted by Gasteiger charge is 2.04.